The number of rotatable bonds is 5. The van der Waals surface area contributed by atoms with Gasteiger partial charge in [-0.25, -0.2) is 4.98 Å². The molecule has 0 spiro atoms. The molecule has 0 aliphatic rings. The van der Waals surface area contributed by atoms with Gasteiger partial charge in [-0.1, -0.05) is 48.2 Å². The van der Waals surface area contributed by atoms with Crippen molar-refractivity contribution < 1.29 is 9.53 Å². The fraction of sp³-hybridized carbons (Fsp3) is 0.158. The molecule has 0 bridgehead atoms. The lowest BCUT2D eigenvalue weighted by Gasteiger charge is -2.14. The summed E-state index contributed by atoms with van der Waals surface area (Å²) >= 11 is 1.44. The molecule has 1 amide bonds. The Hall–Kier alpha value is -2.53. The van der Waals surface area contributed by atoms with Crippen LogP contribution in [-0.4, -0.2) is 23.3 Å². The van der Waals surface area contributed by atoms with Gasteiger partial charge in [0.1, 0.15) is 5.75 Å². The second kappa shape index (κ2) is 7.36. The number of methoxy groups -OCH3 is 1. The van der Waals surface area contributed by atoms with E-state index in [-0.39, 0.29) is 11.2 Å². The number of carbonyl (C=O) groups is 1. The highest BCUT2D eigenvalue weighted by Crippen LogP contribution is 2.27. The molecule has 4 nitrogen and oxygen atoms in total. The van der Waals surface area contributed by atoms with Crippen LogP contribution in [0.15, 0.2) is 65.7 Å². The number of carbonyl (C=O) groups excluding carboxylic acids is 1. The van der Waals surface area contributed by atoms with E-state index < -0.39 is 0 Å². The maximum Gasteiger partial charge on any atom is 0.237 e. The zero-order valence-corrected chi connectivity index (χ0v) is 14.3. The fourth-order valence-electron chi connectivity index (χ4n) is 2.33. The Morgan fingerprint density at radius 2 is 1.83 bits per heavy atom. The van der Waals surface area contributed by atoms with Gasteiger partial charge in [0, 0.05) is 5.39 Å². The number of fused-ring (bicyclic) bond motifs is 1. The largest absolute Gasteiger partial charge is 0.495 e. The predicted octanol–water partition coefficient (Wildman–Crippen LogP) is 4.36. The summed E-state index contributed by atoms with van der Waals surface area (Å²) in [5.74, 6) is 0.561. The number of para-hydroxylation sites is 3. The molecule has 1 N–H and O–H groups in total. The fourth-order valence-corrected chi connectivity index (χ4v) is 3.16. The van der Waals surface area contributed by atoms with E-state index in [1.807, 2.05) is 67.6 Å². The topological polar surface area (TPSA) is 51.2 Å². The van der Waals surface area contributed by atoms with Crippen molar-refractivity contribution in [1.82, 2.24) is 4.98 Å². The lowest BCUT2D eigenvalue weighted by atomic mass is 10.2. The Morgan fingerprint density at radius 1 is 1.08 bits per heavy atom. The molecular weight excluding hydrogens is 320 g/mol. The van der Waals surface area contributed by atoms with Crippen LogP contribution in [0, 0.1) is 0 Å². The van der Waals surface area contributed by atoms with Gasteiger partial charge >= 0.3 is 0 Å². The molecule has 2 aromatic carbocycles. The van der Waals surface area contributed by atoms with Crippen LogP contribution >= 0.6 is 11.8 Å². The van der Waals surface area contributed by atoms with E-state index in [1.165, 1.54) is 11.8 Å². The van der Waals surface area contributed by atoms with Gasteiger partial charge in [0.15, 0.2) is 0 Å². The van der Waals surface area contributed by atoms with Crippen molar-refractivity contribution in [2.45, 2.75) is 17.2 Å². The molecule has 0 aliphatic heterocycles. The lowest BCUT2D eigenvalue weighted by Crippen LogP contribution is -2.22. The first-order chi connectivity index (χ1) is 11.7. The summed E-state index contributed by atoms with van der Waals surface area (Å²) in [6.45, 7) is 1.87. The summed E-state index contributed by atoms with van der Waals surface area (Å²) in [5.41, 5.74) is 1.60. The van der Waals surface area contributed by atoms with E-state index in [9.17, 15) is 4.79 Å². The van der Waals surface area contributed by atoms with Crippen LogP contribution in [0.4, 0.5) is 5.69 Å². The number of nitrogens with zero attached hydrogens (tertiary/aromatic N) is 1. The van der Waals surface area contributed by atoms with Crippen molar-refractivity contribution in [3.05, 3.63) is 60.7 Å². The molecule has 1 unspecified atom stereocenters. The molecule has 1 aromatic heterocycles. The number of benzene rings is 2. The van der Waals surface area contributed by atoms with Gasteiger partial charge in [0.25, 0.3) is 0 Å². The summed E-state index contributed by atoms with van der Waals surface area (Å²) in [7, 11) is 1.59. The van der Waals surface area contributed by atoms with Crippen LogP contribution < -0.4 is 10.1 Å². The Labute approximate surface area is 145 Å². The van der Waals surface area contributed by atoms with Gasteiger partial charge in [-0.15, -0.1) is 0 Å². The van der Waals surface area contributed by atoms with E-state index in [4.69, 9.17) is 4.74 Å². The summed E-state index contributed by atoms with van der Waals surface area (Å²) in [6.07, 6.45) is 0. The zero-order chi connectivity index (χ0) is 16.9. The number of anilines is 1. The third-order valence-corrected chi connectivity index (χ3v) is 4.64. The van der Waals surface area contributed by atoms with Gasteiger partial charge in [-0.3, -0.25) is 4.79 Å². The molecule has 1 heterocycles. The molecule has 0 saturated carbocycles. The van der Waals surface area contributed by atoms with E-state index in [1.54, 1.807) is 7.11 Å². The van der Waals surface area contributed by atoms with Gasteiger partial charge in [0.2, 0.25) is 5.91 Å². The first-order valence-corrected chi connectivity index (χ1v) is 8.51. The van der Waals surface area contributed by atoms with E-state index in [2.05, 4.69) is 10.3 Å². The Balaban J connectivity index is 1.71. The zero-order valence-electron chi connectivity index (χ0n) is 13.5. The van der Waals surface area contributed by atoms with Crippen LogP contribution in [0.25, 0.3) is 10.9 Å². The minimum Gasteiger partial charge on any atom is -0.495 e. The number of amides is 1. The molecule has 0 saturated heterocycles. The quantitative estimate of drug-likeness (QED) is 0.702. The van der Waals surface area contributed by atoms with Crippen LogP contribution in [-0.2, 0) is 4.79 Å². The molecule has 24 heavy (non-hydrogen) atoms. The van der Waals surface area contributed by atoms with E-state index in [0.29, 0.717) is 11.4 Å². The highest BCUT2D eigenvalue weighted by Gasteiger charge is 2.17. The van der Waals surface area contributed by atoms with Crippen molar-refractivity contribution in [3.63, 3.8) is 0 Å². The Kier molecular flexibility index (Phi) is 5.01. The predicted molar refractivity (Wildman–Crippen MR) is 98.7 cm³/mol. The number of nitrogens with one attached hydrogen (secondary N) is 1. The van der Waals surface area contributed by atoms with E-state index in [0.717, 1.165) is 15.9 Å². The Bertz CT molecular complexity index is 867. The van der Waals surface area contributed by atoms with Gasteiger partial charge < -0.3 is 10.1 Å². The first kappa shape index (κ1) is 16.3. The minimum atomic E-state index is -0.274. The van der Waals surface area contributed by atoms with Crippen molar-refractivity contribution in [1.29, 1.82) is 0 Å². The van der Waals surface area contributed by atoms with E-state index >= 15 is 0 Å². The highest BCUT2D eigenvalue weighted by molar-refractivity contribution is 8.00. The average Bonchev–Trinajstić information content (AvgIpc) is 2.62. The van der Waals surface area contributed by atoms with Crippen molar-refractivity contribution >= 4 is 34.3 Å². The number of hydrogen-bond donors (Lipinski definition) is 1. The number of thioether (sulfide) groups is 1. The second-order valence-corrected chi connectivity index (χ2v) is 6.65. The highest BCUT2D eigenvalue weighted by atomic mass is 32.2. The monoisotopic (exact) mass is 338 g/mol. The molecule has 3 rings (SSSR count). The average molecular weight is 338 g/mol. The maximum absolute atomic E-state index is 12.4. The third-order valence-electron chi connectivity index (χ3n) is 3.60. The number of aromatic nitrogens is 1. The van der Waals surface area contributed by atoms with Crippen LogP contribution in [0.1, 0.15) is 6.92 Å². The third kappa shape index (κ3) is 3.68. The second-order valence-electron chi connectivity index (χ2n) is 5.29. The SMILES string of the molecule is COc1ccccc1NC(=O)C(C)Sc1ccc2ccccc2n1. The number of ether oxygens (including phenoxy) is 1. The normalized spacial score (nSPS) is 11.9. The van der Waals surface area contributed by atoms with Crippen molar-refractivity contribution in [2.24, 2.45) is 0 Å². The lowest BCUT2D eigenvalue weighted by molar-refractivity contribution is -0.115. The number of hydrogen-bond acceptors (Lipinski definition) is 4. The first-order valence-electron chi connectivity index (χ1n) is 7.63. The standard InChI is InChI=1S/C19H18N2O2S/c1-13(19(22)21-16-9-5-6-10-17(16)23-2)24-18-12-11-14-7-3-4-8-15(14)20-18/h3-13H,1-2H3,(H,21,22). The molecule has 1 atom stereocenters. The molecule has 0 fully saturated rings. The minimum absolute atomic E-state index is 0.0838. The van der Waals surface area contributed by atoms with Gasteiger partial charge in [-0.2, -0.15) is 0 Å². The summed E-state index contributed by atoms with van der Waals surface area (Å²) in [5, 5.41) is 4.55. The summed E-state index contributed by atoms with van der Waals surface area (Å²) < 4.78 is 5.26. The van der Waals surface area contributed by atoms with Crippen LogP contribution in [0.2, 0.25) is 0 Å². The molecule has 122 valence electrons. The van der Waals surface area contributed by atoms with Crippen LogP contribution in [0.5, 0.6) is 5.75 Å². The van der Waals surface area contributed by atoms with Crippen molar-refractivity contribution in [3.8, 4) is 5.75 Å². The molecule has 3 aromatic rings. The number of pyridine rings is 1. The van der Waals surface area contributed by atoms with Crippen LogP contribution in [0.3, 0.4) is 0 Å². The smallest absolute Gasteiger partial charge is 0.237 e. The summed E-state index contributed by atoms with van der Waals surface area (Å²) in [4.78, 5) is 17.0. The molecule has 0 radical (unpaired) electrons. The van der Waals surface area contributed by atoms with Gasteiger partial charge in [0.05, 0.1) is 28.6 Å². The Morgan fingerprint density at radius 3 is 2.67 bits per heavy atom. The molecule has 5 heteroatoms. The molecule has 0 aliphatic carbocycles. The molecular formula is C19H18N2O2S. The summed E-state index contributed by atoms with van der Waals surface area (Å²) in [6, 6.07) is 19.3. The maximum atomic E-state index is 12.4. The van der Waals surface area contributed by atoms with Gasteiger partial charge in [-0.05, 0) is 31.2 Å². The van der Waals surface area contributed by atoms with Crippen molar-refractivity contribution in [2.75, 3.05) is 12.4 Å².